The first kappa shape index (κ1) is 24.0. The van der Waals surface area contributed by atoms with E-state index in [4.69, 9.17) is 9.47 Å². The molecule has 0 heterocycles. The SMILES string of the molecule is COC(=O)C(C(=O)OC)C(CN(Cc1ccccc1)Cc1ccccc1)C1CCCCC1. The molecule has 0 N–H and O–H groups in total. The van der Waals surface area contributed by atoms with Gasteiger partial charge in [0, 0.05) is 19.6 Å². The molecule has 0 radical (unpaired) electrons. The molecule has 5 heteroatoms. The summed E-state index contributed by atoms with van der Waals surface area (Å²) in [5, 5.41) is 0. The topological polar surface area (TPSA) is 55.8 Å². The van der Waals surface area contributed by atoms with Crippen LogP contribution in [0.5, 0.6) is 0 Å². The number of rotatable bonds is 10. The largest absolute Gasteiger partial charge is 0.468 e. The molecule has 1 aliphatic carbocycles. The second kappa shape index (κ2) is 12.4. The molecule has 2 aromatic rings. The van der Waals surface area contributed by atoms with Gasteiger partial charge in [0.1, 0.15) is 0 Å². The predicted molar refractivity (Wildman–Crippen MR) is 125 cm³/mol. The van der Waals surface area contributed by atoms with Crippen molar-refractivity contribution in [1.29, 1.82) is 0 Å². The fourth-order valence-corrected chi connectivity index (χ4v) is 4.96. The molecule has 1 aliphatic rings. The van der Waals surface area contributed by atoms with Crippen LogP contribution in [-0.2, 0) is 32.2 Å². The molecule has 0 saturated heterocycles. The Morgan fingerprint density at radius 3 is 1.72 bits per heavy atom. The Kier molecular flexibility index (Phi) is 9.29. The highest BCUT2D eigenvalue weighted by Gasteiger charge is 2.42. The summed E-state index contributed by atoms with van der Waals surface area (Å²) in [5.74, 6) is -1.75. The zero-order valence-corrected chi connectivity index (χ0v) is 19.2. The van der Waals surface area contributed by atoms with Gasteiger partial charge in [-0.2, -0.15) is 0 Å². The molecule has 0 aromatic heterocycles. The smallest absolute Gasteiger partial charge is 0.320 e. The number of hydrogen-bond donors (Lipinski definition) is 0. The van der Waals surface area contributed by atoms with Crippen molar-refractivity contribution in [3.63, 3.8) is 0 Å². The Labute approximate surface area is 191 Å². The average Bonchev–Trinajstić information content (AvgIpc) is 2.85. The molecule has 2 aromatic carbocycles. The summed E-state index contributed by atoms with van der Waals surface area (Å²) in [6, 6.07) is 20.7. The van der Waals surface area contributed by atoms with Crippen LogP contribution in [0.1, 0.15) is 43.2 Å². The molecule has 1 fully saturated rings. The highest BCUT2D eigenvalue weighted by molar-refractivity contribution is 5.95. The molecular formula is C27H35NO4. The van der Waals surface area contributed by atoms with Gasteiger partial charge in [-0.25, -0.2) is 0 Å². The number of carbonyl (C=O) groups excluding carboxylic acids is 2. The van der Waals surface area contributed by atoms with E-state index >= 15 is 0 Å². The van der Waals surface area contributed by atoms with Gasteiger partial charge < -0.3 is 9.47 Å². The number of esters is 2. The van der Waals surface area contributed by atoms with Crippen molar-refractivity contribution in [2.45, 2.75) is 45.2 Å². The molecule has 1 unspecified atom stereocenters. The maximum Gasteiger partial charge on any atom is 0.320 e. The van der Waals surface area contributed by atoms with Crippen LogP contribution in [-0.4, -0.2) is 37.6 Å². The van der Waals surface area contributed by atoms with Crippen molar-refractivity contribution in [2.24, 2.45) is 17.8 Å². The quantitative estimate of drug-likeness (QED) is 0.393. The van der Waals surface area contributed by atoms with Crippen LogP contribution >= 0.6 is 0 Å². The molecule has 0 amide bonds. The molecule has 5 nitrogen and oxygen atoms in total. The zero-order chi connectivity index (χ0) is 22.8. The van der Waals surface area contributed by atoms with Crippen LogP contribution in [0.2, 0.25) is 0 Å². The lowest BCUT2D eigenvalue weighted by Gasteiger charge is -2.37. The maximum atomic E-state index is 12.8. The second-order valence-corrected chi connectivity index (χ2v) is 8.73. The number of benzene rings is 2. The van der Waals surface area contributed by atoms with E-state index in [0.717, 1.165) is 38.8 Å². The number of ether oxygens (including phenoxy) is 2. The van der Waals surface area contributed by atoms with Crippen molar-refractivity contribution in [3.05, 3.63) is 71.8 Å². The first-order valence-electron chi connectivity index (χ1n) is 11.6. The third-order valence-electron chi connectivity index (χ3n) is 6.56. The van der Waals surface area contributed by atoms with Gasteiger partial charge >= 0.3 is 11.9 Å². The van der Waals surface area contributed by atoms with Crippen LogP contribution in [0.3, 0.4) is 0 Å². The average molecular weight is 438 g/mol. The van der Waals surface area contributed by atoms with Crippen LogP contribution in [0, 0.1) is 17.8 Å². The van der Waals surface area contributed by atoms with Crippen molar-refractivity contribution in [2.75, 3.05) is 20.8 Å². The summed E-state index contributed by atoms with van der Waals surface area (Å²) in [6.07, 6.45) is 5.53. The van der Waals surface area contributed by atoms with Crippen LogP contribution in [0.4, 0.5) is 0 Å². The Morgan fingerprint density at radius 2 is 1.28 bits per heavy atom. The summed E-state index contributed by atoms with van der Waals surface area (Å²) in [5.41, 5.74) is 2.41. The first-order valence-corrected chi connectivity index (χ1v) is 11.6. The highest BCUT2D eigenvalue weighted by Crippen LogP contribution is 2.36. The van der Waals surface area contributed by atoms with E-state index in [2.05, 4.69) is 29.2 Å². The first-order chi connectivity index (χ1) is 15.6. The normalized spacial score (nSPS) is 15.5. The van der Waals surface area contributed by atoms with Crippen molar-refractivity contribution >= 4 is 11.9 Å². The molecule has 32 heavy (non-hydrogen) atoms. The standard InChI is InChI=1S/C27H35NO4/c1-31-26(29)25(27(30)32-2)24(23-16-10-5-11-17-23)20-28(18-21-12-6-3-7-13-21)19-22-14-8-4-9-15-22/h3-4,6-9,12-15,23-25H,5,10-11,16-20H2,1-2H3. The zero-order valence-electron chi connectivity index (χ0n) is 19.2. The molecule has 1 atom stereocenters. The number of methoxy groups -OCH3 is 2. The molecule has 0 bridgehead atoms. The van der Waals surface area contributed by atoms with E-state index in [1.54, 1.807) is 0 Å². The van der Waals surface area contributed by atoms with Gasteiger partial charge in [0.05, 0.1) is 14.2 Å². The van der Waals surface area contributed by atoms with E-state index in [-0.39, 0.29) is 5.92 Å². The van der Waals surface area contributed by atoms with Crippen LogP contribution in [0.25, 0.3) is 0 Å². The van der Waals surface area contributed by atoms with E-state index < -0.39 is 17.9 Å². The highest BCUT2D eigenvalue weighted by atomic mass is 16.5. The van der Waals surface area contributed by atoms with E-state index in [9.17, 15) is 9.59 Å². The summed E-state index contributed by atoms with van der Waals surface area (Å²) in [4.78, 5) is 27.9. The molecular weight excluding hydrogens is 402 g/mol. The molecule has 172 valence electrons. The van der Waals surface area contributed by atoms with Crippen molar-refractivity contribution in [1.82, 2.24) is 4.90 Å². The Balaban J connectivity index is 1.91. The fraction of sp³-hybridized carbons (Fsp3) is 0.481. The van der Waals surface area contributed by atoms with Gasteiger partial charge in [-0.1, -0.05) is 92.8 Å². The third kappa shape index (κ3) is 6.67. The van der Waals surface area contributed by atoms with Gasteiger partial charge in [-0.15, -0.1) is 0 Å². The summed E-state index contributed by atoms with van der Waals surface area (Å²) < 4.78 is 10.1. The number of nitrogens with zero attached hydrogens (tertiary/aromatic N) is 1. The van der Waals surface area contributed by atoms with E-state index in [0.29, 0.717) is 12.5 Å². The van der Waals surface area contributed by atoms with Gasteiger partial charge in [-0.05, 0) is 23.0 Å². The number of hydrogen-bond acceptors (Lipinski definition) is 5. The summed E-state index contributed by atoms with van der Waals surface area (Å²) >= 11 is 0. The Morgan fingerprint density at radius 1 is 0.812 bits per heavy atom. The van der Waals surface area contributed by atoms with E-state index in [1.807, 2.05) is 36.4 Å². The van der Waals surface area contributed by atoms with Gasteiger partial charge in [0.2, 0.25) is 0 Å². The van der Waals surface area contributed by atoms with Crippen molar-refractivity contribution < 1.29 is 19.1 Å². The Bertz CT molecular complexity index is 776. The van der Waals surface area contributed by atoms with E-state index in [1.165, 1.54) is 31.8 Å². The van der Waals surface area contributed by atoms with Crippen LogP contribution in [0.15, 0.2) is 60.7 Å². The lowest BCUT2D eigenvalue weighted by molar-refractivity contribution is -0.163. The minimum absolute atomic E-state index is 0.150. The van der Waals surface area contributed by atoms with Gasteiger partial charge in [0.15, 0.2) is 5.92 Å². The molecule has 1 saturated carbocycles. The summed E-state index contributed by atoms with van der Waals surface area (Å²) in [7, 11) is 2.70. The van der Waals surface area contributed by atoms with Gasteiger partial charge in [0.25, 0.3) is 0 Å². The summed E-state index contributed by atoms with van der Waals surface area (Å²) in [6.45, 7) is 2.12. The van der Waals surface area contributed by atoms with Gasteiger partial charge in [-0.3, -0.25) is 14.5 Å². The molecule has 0 spiro atoms. The monoisotopic (exact) mass is 437 g/mol. The second-order valence-electron chi connectivity index (χ2n) is 8.73. The van der Waals surface area contributed by atoms with Crippen LogP contribution < -0.4 is 0 Å². The third-order valence-corrected chi connectivity index (χ3v) is 6.56. The fourth-order valence-electron chi connectivity index (χ4n) is 4.96. The maximum absolute atomic E-state index is 12.8. The lowest BCUT2D eigenvalue weighted by Crippen LogP contribution is -2.44. The van der Waals surface area contributed by atoms with Crippen molar-refractivity contribution in [3.8, 4) is 0 Å². The Hall–Kier alpha value is -2.66. The number of carbonyl (C=O) groups is 2. The molecule has 3 rings (SSSR count). The predicted octanol–water partition coefficient (Wildman–Crippen LogP) is 4.85. The molecule has 0 aliphatic heterocycles. The minimum Gasteiger partial charge on any atom is -0.468 e. The lowest BCUT2D eigenvalue weighted by atomic mass is 9.73. The minimum atomic E-state index is -0.901.